The van der Waals surface area contributed by atoms with Crippen molar-refractivity contribution in [2.24, 2.45) is 0 Å². The molecule has 3 atom stereocenters. The van der Waals surface area contributed by atoms with Crippen molar-refractivity contribution in [2.75, 3.05) is 13.1 Å². The third-order valence-electron chi connectivity index (χ3n) is 5.75. The Morgan fingerprint density at radius 3 is 2.67 bits per heavy atom. The van der Waals surface area contributed by atoms with E-state index in [0.717, 1.165) is 25.9 Å². The van der Waals surface area contributed by atoms with Crippen LogP contribution in [0.1, 0.15) is 70.0 Å². The minimum Gasteiger partial charge on any atom is -0.391 e. The highest BCUT2D eigenvalue weighted by Gasteiger charge is 2.31. The fourth-order valence-electron chi connectivity index (χ4n) is 4.39. The van der Waals surface area contributed by atoms with Gasteiger partial charge in [-0.15, -0.1) is 0 Å². The van der Waals surface area contributed by atoms with Crippen molar-refractivity contribution in [3.8, 4) is 0 Å². The second kappa shape index (κ2) is 8.93. The van der Waals surface area contributed by atoms with Gasteiger partial charge in [0.15, 0.2) is 0 Å². The summed E-state index contributed by atoms with van der Waals surface area (Å²) < 4.78 is 0. The van der Waals surface area contributed by atoms with Gasteiger partial charge in [-0.1, -0.05) is 32.3 Å². The molecular formula is C20H33N3O. The van der Waals surface area contributed by atoms with Crippen molar-refractivity contribution in [2.45, 2.75) is 82.5 Å². The molecule has 1 aliphatic heterocycles. The van der Waals surface area contributed by atoms with Crippen LogP contribution in [0.25, 0.3) is 0 Å². The fourth-order valence-corrected chi connectivity index (χ4v) is 4.39. The molecule has 4 heteroatoms. The summed E-state index contributed by atoms with van der Waals surface area (Å²) >= 11 is 0. The lowest BCUT2D eigenvalue weighted by atomic mass is 9.89. The molecule has 2 heterocycles. The molecule has 2 fully saturated rings. The maximum absolute atomic E-state index is 10.3. The second-order valence-corrected chi connectivity index (χ2v) is 7.49. The Morgan fingerprint density at radius 2 is 2.00 bits per heavy atom. The van der Waals surface area contributed by atoms with Crippen molar-refractivity contribution in [3.05, 3.63) is 30.1 Å². The molecule has 2 aliphatic rings. The number of piperidine rings is 1. The minimum atomic E-state index is -0.107. The van der Waals surface area contributed by atoms with E-state index in [2.05, 4.69) is 34.3 Å². The molecular weight excluding hydrogens is 298 g/mol. The molecule has 0 spiro atoms. The molecule has 24 heavy (non-hydrogen) atoms. The summed E-state index contributed by atoms with van der Waals surface area (Å²) in [7, 11) is 0. The number of aliphatic hydroxyl groups excluding tert-OH is 1. The monoisotopic (exact) mass is 331 g/mol. The second-order valence-electron chi connectivity index (χ2n) is 7.49. The van der Waals surface area contributed by atoms with E-state index < -0.39 is 0 Å². The topological polar surface area (TPSA) is 48.4 Å². The van der Waals surface area contributed by atoms with E-state index in [1.165, 1.54) is 44.2 Å². The van der Waals surface area contributed by atoms with Gasteiger partial charge in [0.05, 0.1) is 11.8 Å². The molecule has 3 rings (SSSR count). The van der Waals surface area contributed by atoms with E-state index in [0.29, 0.717) is 18.1 Å². The summed E-state index contributed by atoms with van der Waals surface area (Å²) in [5.74, 6) is 0. The first kappa shape index (κ1) is 17.8. The predicted octanol–water partition coefficient (Wildman–Crippen LogP) is 3.28. The molecule has 1 aromatic rings. The average molecular weight is 332 g/mol. The van der Waals surface area contributed by atoms with Gasteiger partial charge < -0.3 is 10.4 Å². The highest BCUT2D eigenvalue weighted by atomic mass is 16.3. The van der Waals surface area contributed by atoms with Crippen LogP contribution in [0.3, 0.4) is 0 Å². The number of nitrogens with zero attached hydrogens (tertiary/aromatic N) is 2. The van der Waals surface area contributed by atoms with Crippen LogP contribution < -0.4 is 5.32 Å². The molecule has 3 unspecified atom stereocenters. The van der Waals surface area contributed by atoms with E-state index in [4.69, 9.17) is 0 Å². The van der Waals surface area contributed by atoms with Crippen molar-refractivity contribution < 1.29 is 5.11 Å². The van der Waals surface area contributed by atoms with Gasteiger partial charge in [-0.3, -0.25) is 9.88 Å². The smallest absolute Gasteiger partial charge is 0.0695 e. The summed E-state index contributed by atoms with van der Waals surface area (Å²) in [6.07, 6.45) is 11.1. The molecule has 1 saturated heterocycles. The summed E-state index contributed by atoms with van der Waals surface area (Å²) in [5, 5.41) is 14.1. The SMILES string of the molecule is CCCC(NC1CCN(C2CCCCC2O)CC1)c1ccccn1. The van der Waals surface area contributed by atoms with E-state index in [9.17, 15) is 5.11 Å². The number of aromatic nitrogens is 1. The Morgan fingerprint density at radius 1 is 1.21 bits per heavy atom. The van der Waals surface area contributed by atoms with Crippen LogP contribution >= 0.6 is 0 Å². The van der Waals surface area contributed by atoms with E-state index >= 15 is 0 Å². The Kier molecular flexibility index (Phi) is 6.64. The molecule has 1 aliphatic carbocycles. The van der Waals surface area contributed by atoms with Gasteiger partial charge >= 0.3 is 0 Å². The number of rotatable bonds is 6. The van der Waals surface area contributed by atoms with Crippen LogP contribution in [0, 0.1) is 0 Å². The lowest BCUT2D eigenvalue weighted by Gasteiger charge is -2.42. The van der Waals surface area contributed by atoms with Crippen molar-refractivity contribution in [1.82, 2.24) is 15.2 Å². The number of hydrogen-bond donors (Lipinski definition) is 2. The number of pyridine rings is 1. The van der Waals surface area contributed by atoms with Crippen molar-refractivity contribution >= 4 is 0 Å². The largest absolute Gasteiger partial charge is 0.391 e. The maximum Gasteiger partial charge on any atom is 0.0695 e. The van der Waals surface area contributed by atoms with Crippen LogP contribution in [0.4, 0.5) is 0 Å². The third kappa shape index (κ3) is 4.56. The summed E-state index contributed by atoms with van der Waals surface area (Å²) in [6.45, 7) is 4.46. The van der Waals surface area contributed by atoms with E-state index in [-0.39, 0.29) is 6.10 Å². The normalized spacial score (nSPS) is 27.9. The molecule has 0 amide bonds. The average Bonchev–Trinajstić information content (AvgIpc) is 2.63. The van der Waals surface area contributed by atoms with Crippen molar-refractivity contribution in [1.29, 1.82) is 0 Å². The summed E-state index contributed by atoms with van der Waals surface area (Å²) in [5.41, 5.74) is 1.17. The molecule has 134 valence electrons. The minimum absolute atomic E-state index is 0.107. The number of likely N-dealkylation sites (tertiary alicyclic amines) is 1. The standard InChI is InChI=1S/C20H33N3O/c1-2-7-18(17-8-5-6-13-21-17)22-16-11-14-23(15-12-16)19-9-3-4-10-20(19)24/h5-6,8,13,16,18-20,22,24H,2-4,7,9-12,14-15H2,1H3. The molecule has 0 radical (unpaired) electrons. The van der Waals surface area contributed by atoms with Gasteiger partial charge in [0, 0.05) is 37.4 Å². The molecule has 4 nitrogen and oxygen atoms in total. The molecule has 0 aromatic carbocycles. The molecule has 0 bridgehead atoms. The third-order valence-corrected chi connectivity index (χ3v) is 5.75. The van der Waals surface area contributed by atoms with Gasteiger partial charge in [0.2, 0.25) is 0 Å². The van der Waals surface area contributed by atoms with Crippen molar-refractivity contribution in [3.63, 3.8) is 0 Å². The zero-order chi connectivity index (χ0) is 16.8. The van der Waals surface area contributed by atoms with Crippen LogP contribution in [-0.2, 0) is 0 Å². The Labute approximate surface area is 146 Å². The quantitative estimate of drug-likeness (QED) is 0.840. The zero-order valence-electron chi connectivity index (χ0n) is 15.0. The molecule has 2 N–H and O–H groups in total. The van der Waals surface area contributed by atoms with Crippen LogP contribution in [0.15, 0.2) is 24.4 Å². The first-order valence-corrected chi connectivity index (χ1v) is 9.87. The van der Waals surface area contributed by atoms with Gasteiger partial charge in [-0.2, -0.15) is 0 Å². The Balaban J connectivity index is 1.52. The zero-order valence-corrected chi connectivity index (χ0v) is 15.0. The Bertz CT molecular complexity index is 473. The number of aliphatic hydroxyl groups is 1. The van der Waals surface area contributed by atoms with Crippen LogP contribution in [-0.4, -0.2) is 46.3 Å². The number of hydrogen-bond acceptors (Lipinski definition) is 4. The maximum atomic E-state index is 10.3. The van der Waals surface area contributed by atoms with Gasteiger partial charge in [-0.25, -0.2) is 0 Å². The molecule has 1 aromatic heterocycles. The lowest BCUT2D eigenvalue weighted by Crippen LogP contribution is -2.51. The first-order chi connectivity index (χ1) is 11.8. The first-order valence-electron chi connectivity index (χ1n) is 9.87. The summed E-state index contributed by atoms with van der Waals surface area (Å²) in [6, 6.07) is 7.55. The van der Waals surface area contributed by atoms with E-state index in [1.807, 2.05) is 12.3 Å². The lowest BCUT2D eigenvalue weighted by molar-refractivity contribution is 0.00650. The van der Waals surface area contributed by atoms with Gasteiger partial charge in [0.1, 0.15) is 0 Å². The van der Waals surface area contributed by atoms with E-state index in [1.54, 1.807) is 0 Å². The van der Waals surface area contributed by atoms with Crippen LogP contribution in [0.5, 0.6) is 0 Å². The predicted molar refractivity (Wildman–Crippen MR) is 97.9 cm³/mol. The summed E-state index contributed by atoms with van der Waals surface area (Å²) in [4.78, 5) is 7.09. The molecule has 1 saturated carbocycles. The van der Waals surface area contributed by atoms with Gasteiger partial charge in [-0.05, 0) is 44.2 Å². The van der Waals surface area contributed by atoms with Crippen LogP contribution in [0.2, 0.25) is 0 Å². The highest BCUT2D eigenvalue weighted by molar-refractivity contribution is 5.09. The highest BCUT2D eigenvalue weighted by Crippen LogP contribution is 2.27. The Hall–Kier alpha value is -0.970. The number of nitrogens with one attached hydrogen (secondary N) is 1. The van der Waals surface area contributed by atoms with Gasteiger partial charge in [0.25, 0.3) is 0 Å². The fraction of sp³-hybridized carbons (Fsp3) is 0.750.